The highest BCUT2D eigenvalue weighted by molar-refractivity contribution is 7.25. The van der Waals surface area contributed by atoms with E-state index in [2.05, 4.69) is 176 Å². The first kappa shape index (κ1) is 28.8. The standard InChI is InChI=1S/C48H32N2S/c1-48(2)39-21-7-3-17-33(39)37-27-38-34-18-5-9-23-42(34)50(43(38)28-40(37)48)32-16-12-14-30(26-32)29-13-11-15-31(25-29)45-35-19-4-8-22-41(35)49-47-46(45)36-20-6-10-24-44(36)51-47/h3-28H,1-2H3. The molecule has 7 aromatic carbocycles. The lowest BCUT2D eigenvalue weighted by Gasteiger charge is -2.21. The first-order valence-electron chi connectivity index (χ1n) is 17.6. The molecule has 0 aliphatic heterocycles. The van der Waals surface area contributed by atoms with Gasteiger partial charge >= 0.3 is 0 Å². The Bertz CT molecular complexity index is 3070. The van der Waals surface area contributed by atoms with Crippen molar-refractivity contribution < 1.29 is 0 Å². The fourth-order valence-corrected chi connectivity index (χ4v) is 9.89. The molecule has 0 N–H and O–H groups in total. The first-order valence-corrected chi connectivity index (χ1v) is 18.4. The molecule has 0 spiro atoms. The van der Waals surface area contributed by atoms with Crippen molar-refractivity contribution in [3.05, 3.63) is 169 Å². The van der Waals surface area contributed by atoms with Crippen LogP contribution in [0.1, 0.15) is 25.0 Å². The Balaban J connectivity index is 1.11. The van der Waals surface area contributed by atoms with E-state index in [0.717, 1.165) is 16.0 Å². The molecule has 0 atom stereocenters. The molecule has 51 heavy (non-hydrogen) atoms. The molecular weight excluding hydrogens is 637 g/mol. The zero-order valence-electron chi connectivity index (χ0n) is 28.3. The summed E-state index contributed by atoms with van der Waals surface area (Å²) in [4.78, 5) is 6.21. The van der Waals surface area contributed by atoms with Crippen molar-refractivity contribution in [1.82, 2.24) is 9.55 Å². The molecule has 0 radical (unpaired) electrons. The molecule has 0 bridgehead atoms. The van der Waals surface area contributed by atoms with Gasteiger partial charge in [-0.25, -0.2) is 4.98 Å². The highest BCUT2D eigenvalue weighted by Gasteiger charge is 2.36. The Morgan fingerprint density at radius 1 is 0.510 bits per heavy atom. The Hall–Kier alpha value is -6.03. The number of aromatic nitrogens is 2. The molecule has 0 saturated heterocycles. The van der Waals surface area contributed by atoms with Crippen LogP contribution in [0.15, 0.2) is 158 Å². The summed E-state index contributed by atoms with van der Waals surface area (Å²) in [5.74, 6) is 0. The van der Waals surface area contributed by atoms with Gasteiger partial charge in [0.15, 0.2) is 0 Å². The zero-order chi connectivity index (χ0) is 33.8. The molecule has 1 aliphatic rings. The third-order valence-corrected chi connectivity index (χ3v) is 12.3. The summed E-state index contributed by atoms with van der Waals surface area (Å²) < 4.78 is 3.74. The second kappa shape index (κ2) is 10.5. The molecule has 2 nitrogen and oxygen atoms in total. The zero-order valence-corrected chi connectivity index (χ0v) is 29.1. The van der Waals surface area contributed by atoms with Crippen molar-refractivity contribution in [3.63, 3.8) is 0 Å². The van der Waals surface area contributed by atoms with Crippen LogP contribution in [0.5, 0.6) is 0 Å². The van der Waals surface area contributed by atoms with Gasteiger partial charge in [0.2, 0.25) is 0 Å². The molecule has 0 amide bonds. The summed E-state index contributed by atoms with van der Waals surface area (Å²) in [5, 5.41) is 6.26. The second-order valence-electron chi connectivity index (χ2n) is 14.4. The minimum Gasteiger partial charge on any atom is -0.309 e. The Morgan fingerprint density at radius 2 is 1.22 bits per heavy atom. The van der Waals surface area contributed by atoms with E-state index in [1.54, 1.807) is 11.3 Å². The molecule has 0 fully saturated rings. The van der Waals surface area contributed by atoms with E-state index in [-0.39, 0.29) is 5.41 Å². The van der Waals surface area contributed by atoms with Crippen LogP contribution in [0, 0.1) is 0 Å². The fraction of sp³-hybridized carbons (Fsp3) is 0.0625. The lowest BCUT2D eigenvalue weighted by Crippen LogP contribution is -2.14. The van der Waals surface area contributed by atoms with Crippen LogP contribution in [-0.4, -0.2) is 9.55 Å². The summed E-state index contributed by atoms with van der Waals surface area (Å²) in [7, 11) is 0. The van der Waals surface area contributed by atoms with Crippen LogP contribution in [-0.2, 0) is 5.41 Å². The molecule has 240 valence electrons. The van der Waals surface area contributed by atoms with Crippen LogP contribution in [0.4, 0.5) is 0 Å². The number of hydrogen-bond acceptors (Lipinski definition) is 2. The molecule has 11 rings (SSSR count). The smallest absolute Gasteiger partial charge is 0.125 e. The van der Waals surface area contributed by atoms with Gasteiger partial charge < -0.3 is 4.57 Å². The average Bonchev–Trinajstić information content (AvgIpc) is 3.78. The molecule has 3 aromatic heterocycles. The predicted molar refractivity (Wildman–Crippen MR) is 217 cm³/mol. The number of hydrogen-bond donors (Lipinski definition) is 0. The number of benzene rings is 7. The molecular formula is C48H32N2S. The number of nitrogens with zero attached hydrogens (tertiary/aromatic N) is 2. The lowest BCUT2D eigenvalue weighted by atomic mass is 9.82. The topological polar surface area (TPSA) is 17.8 Å². The first-order chi connectivity index (χ1) is 25.0. The van der Waals surface area contributed by atoms with Crippen LogP contribution in [0.3, 0.4) is 0 Å². The van der Waals surface area contributed by atoms with Gasteiger partial charge in [-0.3, -0.25) is 0 Å². The van der Waals surface area contributed by atoms with E-state index >= 15 is 0 Å². The van der Waals surface area contributed by atoms with Crippen molar-refractivity contribution in [1.29, 1.82) is 0 Å². The van der Waals surface area contributed by atoms with Gasteiger partial charge in [-0.05, 0) is 87.5 Å². The third kappa shape index (κ3) is 4.07. The van der Waals surface area contributed by atoms with Crippen molar-refractivity contribution in [2.24, 2.45) is 0 Å². The van der Waals surface area contributed by atoms with E-state index in [1.807, 2.05) is 0 Å². The van der Waals surface area contributed by atoms with Crippen molar-refractivity contribution >= 4 is 64.3 Å². The van der Waals surface area contributed by atoms with E-state index in [0.29, 0.717) is 0 Å². The summed E-state index contributed by atoms with van der Waals surface area (Å²) >= 11 is 1.78. The molecule has 0 saturated carbocycles. The van der Waals surface area contributed by atoms with Crippen LogP contribution in [0.2, 0.25) is 0 Å². The Morgan fingerprint density at radius 3 is 2.12 bits per heavy atom. The molecule has 0 unspecified atom stereocenters. The van der Waals surface area contributed by atoms with Crippen LogP contribution in [0.25, 0.3) is 92.1 Å². The highest BCUT2D eigenvalue weighted by atomic mass is 32.1. The van der Waals surface area contributed by atoms with E-state index in [9.17, 15) is 0 Å². The van der Waals surface area contributed by atoms with Crippen LogP contribution < -0.4 is 0 Å². The Labute approximate surface area is 299 Å². The number of pyridine rings is 1. The van der Waals surface area contributed by atoms with Gasteiger partial charge in [-0.1, -0.05) is 123 Å². The van der Waals surface area contributed by atoms with Gasteiger partial charge in [-0.15, -0.1) is 11.3 Å². The predicted octanol–water partition coefficient (Wildman–Crippen LogP) is 13.3. The van der Waals surface area contributed by atoms with E-state index in [1.165, 1.54) is 87.2 Å². The number of para-hydroxylation sites is 2. The average molecular weight is 669 g/mol. The molecule has 3 heterocycles. The minimum atomic E-state index is -0.0694. The van der Waals surface area contributed by atoms with Gasteiger partial charge in [-0.2, -0.15) is 0 Å². The van der Waals surface area contributed by atoms with Gasteiger partial charge in [0.25, 0.3) is 0 Å². The monoisotopic (exact) mass is 668 g/mol. The number of thiophene rings is 1. The van der Waals surface area contributed by atoms with Gasteiger partial charge in [0.05, 0.1) is 16.6 Å². The quantitative estimate of drug-likeness (QED) is 0.183. The number of fused-ring (bicyclic) bond motifs is 10. The molecule has 1 aliphatic carbocycles. The molecule has 3 heteroatoms. The maximum Gasteiger partial charge on any atom is 0.125 e. The van der Waals surface area contributed by atoms with Gasteiger partial charge in [0, 0.05) is 48.3 Å². The second-order valence-corrected chi connectivity index (χ2v) is 15.4. The fourth-order valence-electron chi connectivity index (χ4n) is 8.80. The lowest BCUT2D eigenvalue weighted by molar-refractivity contribution is 0.661. The SMILES string of the molecule is CC1(C)c2ccccc2-c2cc3c4ccccc4n(-c4cccc(-c5cccc(-c6c7ccccc7nc7sc8ccccc8c67)c5)c4)c3cc21. The third-order valence-electron chi connectivity index (χ3n) is 11.2. The van der Waals surface area contributed by atoms with Gasteiger partial charge in [0.1, 0.15) is 4.83 Å². The Kier molecular flexibility index (Phi) is 5.92. The largest absolute Gasteiger partial charge is 0.309 e. The maximum absolute atomic E-state index is 5.13. The van der Waals surface area contributed by atoms with Crippen molar-refractivity contribution in [3.8, 4) is 39.1 Å². The minimum absolute atomic E-state index is 0.0694. The van der Waals surface area contributed by atoms with E-state index < -0.39 is 0 Å². The van der Waals surface area contributed by atoms with E-state index in [4.69, 9.17) is 4.98 Å². The molecule has 10 aromatic rings. The van der Waals surface area contributed by atoms with Crippen molar-refractivity contribution in [2.45, 2.75) is 19.3 Å². The summed E-state index contributed by atoms with van der Waals surface area (Å²) in [6.07, 6.45) is 0. The van der Waals surface area contributed by atoms with Crippen LogP contribution >= 0.6 is 11.3 Å². The van der Waals surface area contributed by atoms with Crippen molar-refractivity contribution in [2.75, 3.05) is 0 Å². The maximum atomic E-state index is 5.13. The summed E-state index contributed by atoms with van der Waals surface area (Å²) in [6, 6.07) is 58.1. The summed E-state index contributed by atoms with van der Waals surface area (Å²) in [6.45, 7) is 4.73. The summed E-state index contributed by atoms with van der Waals surface area (Å²) in [5.41, 5.74) is 15.0. The highest BCUT2D eigenvalue weighted by Crippen LogP contribution is 2.51. The number of rotatable bonds is 3. The normalized spacial score (nSPS) is 13.5.